The highest BCUT2D eigenvalue weighted by Crippen LogP contribution is 2.34. The average Bonchev–Trinajstić information content (AvgIpc) is 3.59. The van der Waals surface area contributed by atoms with Crippen LogP contribution >= 0.6 is 11.8 Å². The largest absolute Gasteiger partial charge is 0.497 e. The van der Waals surface area contributed by atoms with Crippen LogP contribution in [0.25, 0.3) is 11.4 Å². The van der Waals surface area contributed by atoms with Gasteiger partial charge in [0, 0.05) is 23.9 Å². The molecule has 1 saturated heterocycles. The molecule has 33 heavy (non-hydrogen) atoms. The van der Waals surface area contributed by atoms with E-state index in [1.165, 1.54) is 11.8 Å². The molecule has 3 heterocycles. The second kappa shape index (κ2) is 9.72. The number of methoxy groups -OCH3 is 1. The summed E-state index contributed by atoms with van der Waals surface area (Å²) in [5.41, 5.74) is 1.59. The van der Waals surface area contributed by atoms with Crippen molar-refractivity contribution in [3.63, 3.8) is 0 Å². The highest BCUT2D eigenvalue weighted by molar-refractivity contribution is 7.99. The fourth-order valence-corrected chi connectivity index (χ4v) is 4.55. The molecule has 1 aromatic heterocycles. The highest BCUT2D eigenvalue weighted by Gasteiger charge is 2.22. The van der Waals surface area contributed by atoms with Crippen LogP contribution in [0.3, 0.4) is 0 Å². The molecule has 0 saturated carbocycles. The predicted octanol–water partition coefficient (Wildman–Crippen LogP) is 3.59. The molecule has 0 spiro atoms. The lowest BCUT2D eigenvalue weighted by Crippen LogP contribution is -2.18. The number of thioether (sulfide) groups is 1. The molecule has 3 aromatic rings. The van der Waals surface area contributed by atoms with E-state index in [-0.39, 0.29) is 24.6 Å². The van der Waals surface area contributed by atoms with Crippen molar-refractivity contribution in [2.45, 2.75) is 30.6 Å². The van der Waals surface area contributed by atoms with E-state index in [1.807, 2.05) is 28.8 Å². The molecule has 10 heteroatoms. The summed E-state index contributed by atoms with van der Waals surface area (Å²) in [6.45, 7) is 1.60. The van der Waals surface area contributed by atoms with Crippen molar-refractivity contribution in [2.24, 2.45) is 0 Å². The summed E-state index contributed by atoms with van der Waals surface area (Å²) in [6, 6.07) is 13.0. The summed E-state index contributed by atoms with van der Waals surface area (Å²) in [7, 11) is 1.64. The lowest BCUT2D eigenvalue weighted by Gasteiger charge is -2.15. The smallest absolute Gasteiger partial charge is 0.234 e. The molecule has 172 valence electrons. The van der Waals surface area contributed by atoms with E-state index in [1.54, 1.807) is 25.3 Å². The Hall–Kier alpha value is -3.24. The van der Waals surface area contributed by atoms with Crippen LogP contribution in [0.5, 0.6) is 17.2 Å². The van der Waals surface area contributed by atoms with Crippen molar-refractivity contribution in [1.29, 1.82) is 0 Å². The van der Waals surface area contributed by atoms with Crippen LogP contribution in [-0.4, -0.2) is 53.0 Å². The van der Waals surface area contributed by atoms with E-state index in [0.29, 0.717) is 28.9 Å². The molecular formula is C23H24N4O5S. The van der Waals surface area contributed by atoms with Gasteiger partial charge in [-0.15, -0.1) is 10.2 Å². The summed E-state index contributed by atoms with van der Waals surface area (Å²) in [5.74, 6) is 2.87. The van der Waals surface area contributed by atoms with Gasteiger partial charge in [0.05, 0.1) is 25.5 Å². The van der Waals surface area contributed by atoms with Gasteiger partial charge < -0.3 is 24.3 Å². The quantitative estimate of drug-likeness (QED) is 0.501. The maximum absolute atomic E-state index is 12.6. The summed E-state index contributed by atoms with van der Waals surface area (Å²) in [4.78, 5) is 12.6. The first kappa shape index (κ1) is 21.6. The summed E-state index contributed by atoms with van der Waals surface area (Å²) in [5, 5.41) is 12.4. The second-order valence-corrected chi connectivity index (χ2v) is 8.63. The lowest BCUT2D eigenvalue weighted by molar-refractivity contribution is -0.113. The molecule has 0 radical (unpaired) electrons. The normalized spacial score (nSPS) is 16.7. The number of nitrogens with one attached hydrogen (secondary N) is 1. The summed E-state index contributed by atoms with van der Waals surface area (Å²) < 4.78 is 23.8. The SMILES string of the molecule is COc1ccc(-c2nnc(SCC(=O)Nc3ccc4c(c3)OCO4)n2CC2CCCO2)cc1. The fraction of sp³-hybridized carbons (Fsp3) is 0.348. The van der Waals surface area contributed by atoms with Gasteiger partial charge in [-0.25, -0.2) is 0 Å². The molecule has 0 aliphatic carbocycles. The highest BCUT2D eigenvalue weighted by atomic mass is 32.2. The Balaban J connectivity index is 1.30. The first-order valence-electron chi connectivity index (χ1n) is 10.7. The number of amides is 1. The molecule has 5 rings (SSSR count). The third-order valence-corrected chi connectivity index (χ3v) is 6.43. The standard InChI is InChI=1S/C23H24N4O5S/c1-29-17-7-4-15(5-8-17)22-25-26-23(27(22)12-18-3-2-10-30-18)33-13-21(28)24-16-6-9-19-20(11-16)32-14-31-19/h4-9,11,18H,2-3,10,12-14H2,1H3,(H,24,28). The summed E-state index contributed by atoms with van der Waals surface area (Å²) >= 11 is 1.35. The van der Waals surface area contributed by atoms with Crippen LogP contribution in [0.1, 0.15) is 12.8 Å². The minimum atomic E-state index is -0.142. The van der Waals surface area contributed by atoms with Gasteiger partial charge in [0.1, 0.15) is 5.75 Å². The van der Waals surface area contributed by atoms with Crippen molar-refractivity contribution in [3.8, 4) is 28.6 Å². The van der Waals surface area contributed by atoms with Crippen LogP contribution in [0.15, 0.2) is 47.6 Å². The van der Waals surface area contributed by atoms with E-state index in [2.05, 4.69) is 15.5 Å². The van der Waals surface area contributed by atoms with E-state index in [0.717, 1.165) is 36.6 Å². The van der Waals surface area contributed by atoms with Crippen LogP contribution in [0.2, 0.25) is 0 Å². The van der Waals surface area contributed by atoms with Crippen molar-refractivity contribution in [2.75, 3.05) is 31.6 Å². The molecule has 1 fully saturated rings. The Kier molecular flexibility index (Phi) is 6.36. The van der Waals surface area contributed by atoms with E-state index in [9.17, 15) is 4.79 Å². The predicted molar refractivity (Wildman–Crippen MR) is 123 cm³/mol. The number of carbonyl (C=O) groups is 1. The fourth-order valence-electron chi connectivity index (χ4n) is 3.81. The zero-order valence-corrected chi connectivity index (χ0v) is 19.0. The number of fused-ring (bicyclic) bond motifs is 1. The molecule has 2 aliphatic heterocycles. The monoisotopic (exact) mass is 468 g/mol. The van der Waals surface area contributed by atoms with Crippen LogP contribution in [-0.2, 0) is 16.1 Å². The van der Waals surface area contributed by atoms with Gasteiger partial charge in [-0.1, -0.05) is 11.8 Å². The number of ether oxygens (including phenoxy) is 4. The number of benzene rings is 2. The topological polar surface area (TPSA) is 96.7 Å². The molecule has 2 aliphatic rings. The Morgan fingerprint density at radius 3 is 2.82 bits per heavy atom. The third kappa shape index (κ3) is 4.91. The molecule has 1 unspecified atom stereocenters. The maximum Gasteiger partial charge on any atom is 0.234 e. The number of aromatic nitrogens is 3. The molecule has 0 bridgehead atoms. The number of carbonyl (C=O) groups excluding carboxylic acids is 1. The third-order valence-electron chi connectivity index (χ3n) is 5.46. The second-order valence-electron chi connectivity index (χ2n) is 7.69. The van der Waals surface area contributed by atoms with Gasteiger partial charge >= 0.3 is 0 Å². The number of anilines is 1. The van der Waals surface area contributed by atoms with E-state index in [4.69, 9.17) is 18.9 Å². The van der Waals surface area contributed by atoms with Gasteiger partial charge in [0.2, 0.25) is 12.7 Å². The van der Waals surface area contributed by atoms with Gasteiger partial charge in [0.25, 0.3) is 0 Å². The van der Waals surface area contributed by atoms with Gasteiger partial charge in [0.15, 0.2) is 22.5 Å². The first-order valence-corrected chi connectivity index (χ1v) is 11.7. The molecule has 9 nitrogen and oxygen atoms in total. The number of hydrogen-bond acceptors (Lipinski definition) is 8. The number of hydrogen-bond donors (Lipinski definition) is 1. The Morgan fingerprint density at radius 1 is 1.18 bits per heavy atom. The first-order chi connectivity index (χ1) is 16.2. The van der Waals surface area contributed by atoms with Gasteiger partial charge in [-0.05, 0) is 49.2 Å². The van der Waals surface area contributed by atoms with Gasteiger partial charge in [-0.2, -0.15) is 0 Å². The molecule has 2 aromatic carbocycles. The minimum absolute atomic E-state index is 0.111. The van der Waals surface area contributed by atoms with Crippen molar-refractivity contribution >= 4 is 23.4 Å². The zero-order valence-electron chi connectivity index (χ0n) is 18.2. The van der Waals surface area contributed by atoms with Gasteiger partial charge in [-0.3, -0.25) is 9.36 Å². The minimum Gasteiger partial charge on any atom is -0.497 e. The lowest BCUT2D eigenvalue weighted by atomic mass is 10.2. The van der Waals surface area contributed by atoms with Crippen molar-refractivity contribution in [1.82, 2.24) is 14.8 Å². The Bertz CT molecular complexity index is 1130. The molecule has 1 atom stereocenters. The molecule has 1 amide bonds. The Morgan fingerprint density at radius 2 is 2.03 bits per heavy atom. The maximum atomic E-state index is 12.6. The number of nitrogens with zero attached hydrogens (tertiary/aromatic N) is 3. The average molecular weight is 469 g/mol. The van der Waals surface area contributed by atoms with E-state index < -0.39 is 0 Å². The molecule has 1 N–H and O–H groups in total. The van der Waals surface area contributed by atoms with E-state index >= 15 is 0 Å². The van der Waals surface area contributed by atoms with Crippen LogP contribution in [0.4, 0.5) is 5.69 Å². The van der Waals surface area contributed by atoms with Crippen molar-refractivity contribution in [3.05, 3.63) is 42.5 Å². The van der Waals surface area contributed by atoms with Crippen LogP contribution in [0, 0.1) is 0 Å². The van der Waals surface area contributed by atoms with Crippen molar-refractivity contribution < 1.29 is 23.7 Å². The summed E-state index contributed by atoms with van der Waals surface area (Å²) in [6.07, 6.45) is 2.15. The zero-order chi connectivity index (χ0) is 22.6. The molecular weight excluding hydrogens is 444 g/mol. The van der Waals surface area contributed by atoms with Crippen LogP contribution < -0.4 is 19.5 Å². The Labute approximate surface area is 195 Å². The number of rotatable bonds is 8.